The van der Waals surface area contributed by atoms with Gasteiger partial charge in [0.1, 0.15) is 5.82 Å². The summed E-state index contributed by atoms with van der Waals surface area (Å²) in [4.78, 5) is 11.2. The van der Waals surface area contributed by atoms with Gasteiger partial charge in [-0.1, -0.05) is 24.3 Å². The van der Waals surface area contributed by atoms with Crippen LogP contribution in [-0.4, -0.2) is 22.9 Å². The second-order valence-corrected chi connectivity index (χ2v) is 4.43. The average molecular weight is 286 g/mol. The number of benzene rings is 1. The third kappa shape index (κ3) is 4.45. The van der Waals surface area contributed by atoms with E-state index >= 15 is 0 Å². The molecular weight excluding hydrogens is 268 g/mol. The molecule has 1 aromatic carbocycles. The molecule has 2 aromatic rings. The van der Waals surface area contributed by atoms with E-state index in [1.807, 2.05) is 12.1 Å². The van der Waals surface area contributed by atoms with Gasteiger partial charge in [-0.3, -0.25) is 5.32 Å². The van der Waals surface area contributed by atoms with E-state index in [1.165, 1.54) is 11.1 Å². The van der Waals surface area contributed by atoms with E-state index in [0.717, 1.165) is 0 Å². The Morgan fingerprint density at radius 1 is 1.14 bits per heavy atom. The van der Waals surface area contributed by atoms with Crippen LogP contribution in [0.3, 0.4) is 0 Å². The van der Waals surface area contributed by atoms with Crippen LogP contribution in [0, 0.1) is 6.92 Å². The van der Waals surface area contributed by atoms with Crippen LogP contribution in [0.1, 0.15) is 18.1 Å². The maximum absolute atomic E-state index is 11.2. The van der Waals surface area contributed by atoms with E-state index in [9.17, 15) is 4.79 Å². The first-order valence-electron chi connectivity index (χ1n) is 6.75. The van der Waals surface area contributed by atoms with Crippen molar-refractivity contribution in [2.45, 2.75) is 20.4 Å². The first-order valence-corrected chi connectivity index (χ1v) is 6.75. The summed E-state index contributed by atoms with van der Waals surface area (Å²) >= 11 is 0. The molecule has 2 rings (SSSR count). The fourth-order valence-electron chi connectivity index (χ4n) is 1.76. The van der Waals surface area contributed by atoms with Crippen molar-refractivity contribution in [1.29, 1.82) is 0 Å². The molecule has 110 valence electrons. The number of nitrogens with one attached hydrogen (secondary N) is 2. The highest BCUT2D eigenvalue weighted by atomic mass is 16.5. The van der Waals surface area contributed by atoms with Crippen LogP contribution < -0.4 is 10.6 Å². The third-order valence-corrected chi connectivity index (χ3v) is 2.89. The summed E-state index contributed by atoms with van der Waals surface area (Å²) in [5.41, 5.74) is 2.42. The molecule has 0 bridgehead atoms. The van der Waals surface area contributed by atoms with Crippen molar-refractivity contribution in [2.75, 3.05) is 17.2 Å². The van der Waals surface area contributed by atoms with Gasteiger partial charge in [0.25, 0.3) is 0 Å². The van der Waals surface area contributed by atoms with Crippen molar-refractivity contribution >= 4 is 17.7 Å². The quantitative estimate of drug-likeness (QED) is 0.883. The van der Waals surface area contributed by atoms with Crippen LogP contribution in [0.4, 0.5) is 16.4 Å². The number of aromatic nitrogens is 2. The van der Waals surface area contributed by atoms with Crippen molar-refractivity contribution in [3.05, 3.63) is 47.5 Å². The van der Waals surface area contributed by atoms with Crippen LogP contribution in [0.25, 0.3) is 0 Å². The lowest BCUT2D eigenvalue weighted by atomic mass is 10.1. The Balaban J connectivity index is 1.91. The van der Waals surface area contributed by atoms with E-state index in [-0.39, 0.29) is 0 Å². The minimum atomic E-state index is -0.535. The average Bonchev–Trinajstić information content (AvgIpc) is 2.48. The largest absolute Gasteiger partial charge is 0.450 e. The van der Waals surface area contributed by atoms with Crippen molar-refractivity contribution in [2.24, 2.45) is 0 Å². The van der Waals surface area contributed by atoms with Crippen molar-refractivity contribution < 1.29 is 9.53 Å². The molecule has 1 aromatic heterocycles. The summed E-state index contributed by atoms with van der Waals surface area (Å²) in [6.07, 6.45) is -0.535. The molecule has 1 amide bonds. The predicted octanol–water partition coefficient (Wildman–Crippen LogP) is 2.97. The number of nitrogens with zero attached hydrogens (tertiary/aromatic N) is 2. The molecule has 0 atom stereocenters. The molecule has 6 nitrogen and oxygen atoms in total. The summed E-state index contributed by atoms with van der Waals surface area (Å²) in [7, 11) is 0. The molecule has 2 N–H and O–H groups in total. The number of amides is 1. The van der Waals surface area contributed by atoms with Crippen LogP contribution in [0.15, 0.2) is 36.4 Å². The van der Waals surface area contributed by atoms with Gasteiger partial charge >= 0.3 is 6.09 Å². The fraction of sp³-hybridized carbons (Fsp3) is 0.267. The van der Waals surface area contributed by atoms with Gasteiger partial charge in [0.2, 0.25) is 0 Å². The molecule has 1 heterocycles. The molecule has 0 radical (unpaired) electrons. The molecule has 0 unspecified atom stereocenters. The standard InChI is InChI=1S/C15H18N4O2/c1-3-21-15(20)17-14-9-8-13(18-19-14)16-10-12-7-5-4-6-11(12)2/h4-9H,3,10H2,1-2H3,(H,16,18)(H,17,19,20). The van der Waals surface area contributed by atoms with Gasteiger partial charge in [0.15, 0.2) is 5.82 Å². The molecule has 6 heteroatoms. The highest BCUT2D eigenvalue weighted by Crippen LogP contribution is 2.11. The van der Waals surface area contributed by atoms with Gasteiger partial charge in [-0.2, -0.15) is 0 Å². The SMILES string of the molecule is CCOC(=O)Nc1ccc(NCc2ccccc2C)nn1. The molecule has 0 aliphatic rings. The lowest BCUT2D eigenvalue weighted by molar-refractivity contribution is 0.168. The van der Waals surface area contributed by atoms with Crippen LogP contribution in [0.2, 0.25) is 0 Å². The Morgan fingerprint density at radius 3 is 2.52 bits per heavy atom. The zero-order valence-corrected chi connectivity index (χ0v) is 12.1. The molecule has 0 saturated heterocycles. The Kier molecular flexibility index (Phi) is 5.09. The Morgan fingerprint density at radius 2 is 1.86 bits per heavy atom. The van der Waals surface area contributed by atoms with E-state index in [4.69, 9.17) is 4.74 Å². The van der Waals surface area contributed by atoms with E-state index < -0.39 is 6.09 Å². The van der Waals surface area contributed by atoms with Crippen LogP contribution in [0.5, 0.6) is 0 Å². The molecule has 0 saturated carbocycles. The van der Waals surface area contributed by atoms with Crippen LogP contribution >= 0.6 is 0 Å². The van der Waals surface area contributed by atoms with Gasteiger partial charge in [-0.05, 0) is 37.1 Å². The lowest BCUT2D eigenvalue weighted by Crippen LogP contribution is -2.14. The highest BCUT2D eigenvalue weighted by Gasteiger charge is 2.04. The molecule has 0 fully saturated rings. The fourth-order valence-corrected chi connectivity index (χ4v) is 1.76. The van der Waals surface area contributed by atoms with Gasteiger partial charge < -0.3 is 10.1 Å². The van der Waals surface area contributed by atoms with Crippen molar-refractivity contribution in [3.63, 3.8) is 0 Å². The van der Waals surface area contributed by atoms with E-state index in [2.05, 4.69) is 39.9 Å². The number of aryl methyl sites for hydroxylation is 1. The molecule has 21 heavy (non-hydrogen) atoms. The normalized spacial score (nSPS) is 10.0. The molecule has 0 aliphatic carbocycles. The number of hydrogen-bond donors (Lipinski definition) is 2. The van der Waals surface area contributed by atoms with E-state index in [0.29, 0.717) is 24.8 Å². The Hall–Kier alpha value is -2.63. The van der Waals surface area contributed by atoms with E-state index in [1.54, 1.807) is 19.1 Å². The second-order valence-electron chi connectivity index (χ2n) is 4.43. The predicted molar refractivity (Wildman–Crippen MR) is 81.2 cm³/mol. The van der Waals surface area contributed by atoms with Gasteiger partial charge in [-0.15, -0.1) is 10.2 Å². The van der Waals surface area contributed by atoms with Gasteiger partial charge in [0, 0.05) is 6.54 Å². The Bertz CT molecular complexity index is 599. The Labute approximate surface area is 123 Å². The van der Waals surface area contributed by atoms with Crippen molar-refractivity contribution in [1.82, 2.24) is 10.2 Å². The highest BCUT2D eigenvalue weighted by molar-refractivity contribution is 5.83. The minimum Gasteiger partial charge on any atom is -0.450 e. The van der Waals surface area contributed by atoms with Gasteiger partial charge in [-0.25, -0.2) is 4.79 Å². The monoisotopic (exact) mass is 286 g/mol. The lowest BCUT2D eigenvalue weighted by Gasteiger charge is -2.08. The summed E-state index contributed by atoms with van der Waals surface area (Å²) in [5, 5.41) is 13.6. The number of anilines is 2. The molecule has 0 spiro atoms. The summed E-state index contributed by atoms with van der Waals surface area (Å²) in [6, 6.07) is 11.6. The number of carbonyl (C=O) groups is 1. The smallest absolute Gasteiger partial charge is 0.412 e. The third-order valence-electron chi connectivity index (χ3n) is 2.89. The molecule has 0 aliphatic heterocycles. The maximum Gasteiger partial charge on any atom is 0.412 e. The zero-order chi connectivity index (χ0) is 15.1. The second kappa shape index (κ2) is 7.23. The first-order chi connectivity index (χ1) is 10.2. The zero-order valence-electron chi connectivity index (χ0n) is 12.1. The van der Waals surface area contributed by atoms with Gasteiger partial charge in [0.05, 0.1) is 6.61 Å². The molecular formula is C15H18N4O2. The number of carbonyl (C=O) groups excluding carboxylic acids is 1. The first kappa shape index (κ1) is 14.8. The summed E-state index contributed by atoms with van der Waals surface area (Å²) < 4.78 is 4.76. The maximum atomic E-state index is 11.2. The summed E-state index contributed by atoms with van der Waals surface area (Å²) in [5.74, 6) is 1.00. The number of ether oxygens (including phenoxy) is 1. The van der Waals surface area contributed by atoms with Crippen LogP contribution in [-0.2, 0) is 11.3 Å². The van der Waals surface area contributed by atoms with Crippen molar-refractivity contribution in [3.8, 4) is 0 Å². The number of hydrogen-bond acceptors (Lipinski definition) is 5. The minimum absolute atomic E-state index is 0.315. The topological polar surface area (TPSA) is 76.1 Å². The summed E-state index contributed by atoms with van der Waals surface area (Å²) in [6.45, 7) is 4.79. The number of rotatable bonds is 5.